The van der Waals surface area contributed by atoms with Crippen molar-refractivity contribution in [2.24, 2.45) is 0 Å². The Morgan fingerprint density at radius 2 is 0.591 bits per heavy atom. The van der Waals surface area contributed by atoms with E-state index in [0.717, 1.165) is 103 Å². The monoisotopic (exact) mass is 923 g/mol. The second-order valence-electron chi connectivity index (χ2n) is 18.8. The Labute approximate surface area is 409 Å². The molecule has 0 saturated carbocycles. The first-order valence-corrected chi connectivity index (χ1v) is 28.3. The fourth-order valence-electron chi connectivity index (χ4n) is 7.98. The largest absolute Gasteiger partial charge is 0.462 e. The van der Waals surface area contributed by atoms with Gasteiger partial charge in [-0.15, -0.1) is 0 Å². The zero-order valence-electron chi connectivity index (χ0n) is 43.7. The molecule has 0 amide bonds. The molecule has 6 nitrogen and oxygen atoms in total. The molecule has 0 N–H and O–H groups in total. The van der Waals surface area contributed by atoms with Crippen molar-refractivity contribution in [2.75, 3.05) is 13.2 Å². The van der Waals surface area contributed by atoms with Gasteiger partial charge < -0.3 is 14.2 Å². The molecular weight excluding hydrogens is 817 g/mol. The van der Waals surface area contributed by atoms with Gasteiger partial charge in [0, 0.05) is 19.3 Å². The summed E-state index contributed by atoms with van der Waals surface area (Å²) in [6.07, 6.45) is 67.8. The van der Waals surface area contributed by atoms with Crippen LogP contribution in [0.3, 0.4) is 0 Å². The van der Waals surface area contributed by atoms with Crippen molar-refractivity contribution in [1.82, 2.24) is 0 Å². The van der Waals surface area contributed by atoms with Gasteiger partial charge in [0.05, 0.1) is 0 Å². The van der Waals surface area contributed by atoms with Crippen LogP contribution in [0.2, 0.25) is 0 Å². The standard InChI is InChI=1S/C60H106O6/c1-4-7-10-13-16-19-22-25-27-29-30-31-33-35-38-41-44-47-50-53-59(62)65-56-57(55-64-58(61)52-49-46-43-40-37-34-24-21-18-15-12-9-6-3)66-60(63)54-51-48-45-42-39-36-32-28-26-23-20-17-14-11-8-5-2/h7,10,16,19,25,27-28,32,34,37,57H,4-6,8-9,11-15,17-18,20-24,26,29-31,33,35-36,38-56H2,1-3H3/b10-7-,19-16-,27-25-,32-28-,37-34-. The lowest BCUT2D eigenvalue weighted by Gasteiger charge is -2.18. The number of hydrogen-bond donors (Lipinski definition) is 0. The highest BCUT2D eigenvalue weighted by Gasteiger charge is 2.19. The minimum Gasteiger partial charge on any atom is -0.462 e. The first kappa shape index (κ1) is 63.1. The van der Waals surface area contributed by atoms with Gasteiger partial charge in [-0.2, -0.15) is 0 Å². The summed E-state index contributed by atoms with van der Waals surface area (Å²) in [7, 11) is 0. The van der Waals surface area contributed by atoms with Gasteiger partial charge in [-0.05, 0) is 103 Å². The third kappa shape index (κ3) is 52.1. The molecule has 0 fully saturated rings. The van der Waals surface area contributed by atoms with E-state index in [4.69, 9.17) is 14.2 Å². The van der Waals surface area contributed by atoms with Crippen molar-refractivity contribution in [3.8, 4) is 0 Å². The topological polar surface area (TPSA) is 78.9 Å². The van der Waals surface area contributed by atoms with E-state index >= 15 is 0 Å². The van der Waals surface area contributed by atoms with Gasteiger partial charge in [0.1, 0.15) is 13.2 Å². The molecule has 1 atom stereocenters. The van der Waals surface area contributed by atoms with Crippen molar-refractivity contribution < 1.29 is 28.6 Å². The van der Waals surface area contributed by atoms with Gasteiger partial charge in [-0.3, -0.25) is 14.4 Å². The molecule has 0 saturated heterocycles. The molecule has 0 rings (SSSR count). The molecule has 382 valence electrons. The maximum absolute atomic E-state index is 12.8. The smallest absolute Gasteiger partial charge is 0.306 e. The summed E-state index contributed by atoms with van der Waals surface area (Å²) < 4.78 is 16.8. The summed E-state index contributed by atoms with van der Waals surface area (Å²) in [4.78, 5) is 38.1. The molecule has 0 aliphatic carbocycles. The molecule has 0 radical (unpaired) electrons. The van der Waals surface area contributed by atoms with Crippen LogP contribution >= 0.6 is 0 Å². The Hall–Kier alpha value is -2.89. The number of carbonyl (C=O) groups is 3. The minimum atomic E-state index is -0.786. The van der Waals surface area contributed by atoms with Gasteiger partial charge >= 0.3 is 17.9 Å². The van der Waals surface area contributed by atoms with Crippen LogP contribution in [-0.4, -0.2) is 37.2 Å². The zero-order valence-corrected chi connectivity index (χ0v) is 43.7. The van der Waals surface area contributed by atoms with Crippen LogP contribution in [0.5, 0.6) is 0 Å². The van der Waals surface area contributed by atoms with Crippen molar-refractivity contribution >= 4 is 17.9 Å². The van der Waals surface area contributed by atoms with Crippen LogP contribution < -0.4 is 0 Å². The number of allylic oxidation sites excluding steroid dienone is 10. The van der Waals surface area contributed by atoms with Crippen molar-refractivity contribution in [2.45, 2.75) is 290 Å². The maximum atomic E-state index is 12.8. The highest BCUT2D eigenvalue weighted by molar-refractivity contribution is 5.71. The summed E-state index contributed by atoms with van der Waals surface area (Å²) in [6, 6.07) is 0. The molecule has 0 spiro atoms. The van der Waals surface area contributed by atoms with Crippen molar-refractivity contribution in [1.29, 1.82) is 0 Å². The quantitative estimate of drug-likeness (QED) is 0.0262. The minimum absolute atomic E-state index is 0.0841. The molecule has 0 aromatic carbocycles. The van der Waals surface area contributed by atoms with Crippen LogP contribution in [0.4, 0.5) is 0 Å². The van der Waals surface area contributed by atoms with Crippen LogP contribution in [0.15, 0.2) is 60.8 Å². The van der Waals surface area contributed by atoms with E-state index in [1.165, 1.54) is 141 Å². The maximum Gasteiger partial charge on any atom is 0.306 e. The molecule has 0 heterocycles. The van der Waals surface area contributed by atoms with E-state index in [1.54, 1.807) is 0 Å². The molecule has 6 heteroatoms. The molecule has 0 aliphatic rings. The van der Waals surface area contributed by atoms with Crippen LogP contribution in [0.1, 0.15) is 284 Å². The summed E-state index contributed by atoms with van der Waals surface area (Å²) in [6.45, 7) is 6.52. The SMILES string of the molecule is CC/C=C\C/C=C\C/C=C\CCCCCCCCCCCC(=O)OCC(COC(=O)CCCCC/C=C\CCCCCCCC)OC(=O)CCCCCCC/C=C\CCCCCCCCC. The Morgan fingerprint density at radius 3 is 0.955 bits per heavy atom. The fourth-order valence-corrected chi connectivity index (χ4v) is 7.98. The average Bonchev–Trinajstić information content (AvgIpc) is 3.31. The Balaban J connectivity index is 4.38. The third-order valence-corrected chi connectivity index (χ3v) is 12.2. The summed E-state index contributed by atoms with van der Waals surface area (Å²) in [5, 5.41) is 0. The molecule has 0 aromatic heterocycles. The molecule has 1 unspecified atom stereocenters. The highest BCUT2D eigenvalue weighted by Crippen LogP contribution is 2.15. The predicted octanol–water partition coefficient (Wildman–Crippen LogP) is 18.8. The lowest BCUT2D eigenvalue weighted by Crippen LogP contribution is -2.30. The normalized spacial score (nSPS) is 12.5. The number of rotatable bonds is 51. The lowest BCUT2D eigenvalue weighted by atomic mass is 10.1. The van der Waals surface area contributed by atoms with Crippen molar-refractivity contribution in [3.63, 3.8) is 0 Å². The summed E-state index contributed by atoms with van der Waals surface area (Å²) in [5.74, 6) is -0.905. The van der Waals surface area contributed by atoms with E-state index < -0.39 is 6.10 Å². The average molecular weight is 924 g/mol. The zero-order chi connectivity index (χ0) is 47.9. The Morgan fingerprint density at radius 1 is 0.318 bits per heavy atom. The van der Waals surface area contributed by atoms with E-state index in [2.05, 4.69) is 81.5 Å². The highest BCUT2D eigenvalue weighted by atomic mass is 16.6. The number of hydrogen-bond acceptors (Lipinski definition) is 6. The van der Waals surface area contributed by atoms with Gasteiger partial charge in [0.15, 0.2) is 6.10 Å². The lowest BCUT2D eigenvalue weighted by molar-refractivity contribution is -0.167. The molecule has 0 bridgehead atoms. The van der Waals surface area contributed by atoms with E-state index in [-0.39, 0.29) is 31.1 Å². The number of ether oxygens (including phenoxy) is 3. The molecule has 0 aromatic rings. The first-order valence-electron chi connectivity index (χ1n) is 28.3. The molecular formula is C60H106O6. The molecule has 0 aliphatic heterocycles. The van der Waals surface area contributed by atoms with Crippen LogP contribution in [0, 0.1) is 0 Å². The summed E-state index contributed by atoms with van der Waals surface area (Å²) in [5.41, 5.74) is 0. The van der Waals surface area contributed by atoms with Crippen LogP contribution in [0.25, 0.3) is 0 Å². The number of unbranched alkanes of at least 4 members (excludes halogenated alkanes) is 30. The van der Waals surface area contributed by atoms with Gasteiger partial charge in [0.25, 0.3) is 0 Å². The molecule has 66 heavy (non-hydrogen) atoms. The third-order valence-electron chi connectivity index (χ3n) is 12.2. The van der Waals surface area contributed by atoms with Gasteiger partial charge in [0.2, 0.25) is 0 Å². The number of carbonyl (C=O) groups excluding carboxylic acids is 3. The number of esters is 3. The Kier molecular flexibility index (Phi) is 52.3. The van der Waals surface area contributed by atoms with Gasteiger partial charge in [-0.1, -0.05) is 223 Å². The first-order chi connectivity index (χ1) is 32.5. The van der Waals surface area contributed by atoms with Gasteiger partial charge in [-0.25, -0.2) is 0 Å². The summed E-state index contributed by atoms with van der Waals surface area (Å²) >= 11 is 0. The van der Waals surface area contributed by atoms with E-state index in [9.17, 15) is 14.4 Å². The second kappa shape index (κ2) is 54.7. The van der Waals surface area contributed by atoms with E-state index in [0.29, 0.717) is 19.3 Å². The van der Waals surface area contributed by atoms with E-state index in [1.807, 2.05) is 0 Å². The Bertz CT molecular complexity index is 1200. The fraction of sp³-hybridized carbons (Fsp3) is 0.783. The predicted molar refractivity (Wildman–Crippen MR) is 284 cm³/mol. The second-order valence-corrected chi connectivity index (χ2v) is 18.8. The van der Waals surface area contributed by atoms with Crippen LogP contribution in [-0.2, 0) is 28.6 Å². The van der Waals surface area contributed by atoms with Crippen molar-refractivity contribution in [3.05, 3.63) is 60.8 Å².